The van der Waals surface area contributed by atoms with E-state index in [0.29, 0.717) is 24.2 Å². The van der Waals surface area contributed by atoms with Crippen molar-refractivity contribution in [1.82, 2.24) is 24.9 Å². The molecule has 1 fully saturated rings. The van der Waals surface area contributed by atoms with E-state index in [1.807, 2.05) is 30.5 Å². The van der Waals surface area contributed by atoms with Gasteiger partial charge in [-0.15, -0.1) is 0 Å². The van der Waals surface area contributed by atoms with Gasteiger partial charge >= 0.3 is 6.01 Å². The number of anilines is 1. The first kappa shape index (κ1) is 22.5. The molecule has 9 nitrogen and oxygen atoms in total. The Morgan fingerprint density at radius 2 is 2.12 bits per heavy atom. The zero-order chi connectivity index (χ0) is 22.7. The Balaban J connectivity index is 1.67. The maximum Gasteiger partial charge on any atom is 0.322 e. The van der Waals surface area contributed by atoms with Gasteiger partial charge in [0.25, 0.3) is 0 Å². The number of piperidine rings is 1. The molecule has 4 rings (SSSR count). The average Bonchev–Trinajstić information content (AvgIpc) is 3.17. The molecule has 0 aliphatic carbocycles. The second-order valence-corrected chi connectivity index (χ2v) is 11.2. The highest BCUT2D eigenvalue weighted by Gasteiger charge is 2.20. The highest BCUT2D eigenvalue weighted by Crippen LogP contribution is 2.25. The van der Waals surface area contributed by atoms with Gasteiger partial charge in [-0.3, -0.25) is 0 Å². The summed E-state index contributed by atoms with van der Waals surface area (Å²) >= 11 is 0. The largest absolute Gasteiger partial charge is 0.459 e. The second-order valence-electron chi connectivity index (χ2n) is 8.66. The van der Waals surface area contributed by atoms with Crippen LogP contribution >= 0.6 is 0 Å². The van der Waals surface area contributed by atoms with Gasteiger partial charge in [0.05, 0.1) is 11.9 Å². The van der Waals surface area contributed by atoms with Crippen LogP contribution in [0, 0.1) is 0 Å². The Morgan fingerprint density at radius 3 is 2.84 bits per heavy atom. The van der Waals surface area contributed by atoms with Crippen LogP contribution in [0.1, 0.15) is 43.7 Å². The lowest BCUT2D eigenvalue weighted by atomic mass is 10.1. The number of benzene rings is 1. The van der Waals surface area contributed by atoms with Gasteiger partial charge in [-0.1, -0.05) is 32.0 Å². The Labute approximate surface area is 189 Å². The van der Waals surface area contributed by atoms with Gasteiger partial charge in [-0.05, 0) is 36.9 Å². The van der Waals surface area contributed by atoms with E-state index in [-0.39, 0.29) is 12.0 Å². The average molecular weight is 458 g/mol. The van der Waals surface area contributed by atoms with Crippen LogP contribution in [-0.2, 0) is 16.3 Å². The molecule has 0 amide bonds. The van der Waals surface area contributed by atoms with E-state index in [1.165, 1.54) is 0 Å². The van der Waals surface area contributed by atoms with Crippen LogP contribution in [0.3, 0.4) is 0 Å². The third kappa shape index (κ3) is 5.36. The number of hydrogen-bond acceptors (Lipinski definition) is 8. The number of fused-ring (bicyclic) bond motifs is 1. The van der Waals surface area contributed by atoms with Crippen molar-refractivity contribution in [2.75, 3.05) is 30.9 Å². The van der Waals surface area contributed by atoms with Crippen molar-refractivity contribution in [2.45, 2.75) is 45.3 Å². The van der Waals surface area contributed by atoms with E-state index in [2.05, 4.69) is 43.9 Å². The fourth-order valence-corrected chi connectivity index (χ4v) is 4.33. The fourth-order valence-electron chi connectivity index (χ4n) is 3.68. The Hall–Kier alpha value is -2.72. The minimum atomic E-state index is -2.27. The standard InChI is InChI=1S/C22H31N7O2S/c1-15(2)18-14-25-29-20(18)26-22(31-17-9-7-11-23-13-17)27-21(29)24-12-16-8-5-6-10-19(16)28-32(3,4)30/h5-6,8,10,14-15,17,23H,7,9,11-13H2,1-4H3,(H,24,26,27)/t17-/m1/s1. The molecular formula is C22H31N7O2S. The van der Waals surface area contributed by atoms with Gasteiger partial charge in [-0.25, -0.2) is 4.21 Å². The lowest BCUT2D eigenvalue weighted by molar-refractivity contribution is 0.153. The molecule has 3 heterocycles. The number of nitrogens with one attached hydrogen (secondary N) is 2. The molecule has 1 aromatic carbocycles. The number of aromatic nitrogens is 4. The predicted molar refractivity (Wildman–Crippen MR) is 127 cm³/mol. The third-order valence-electron chi connectivity index (χ3n) is 5.27. The molecule has 1 aliphatic rings. The minimum absolute atomic E-state index is 0.0475. The lowest BCUT2D eigenvalue weighted by Gasteiger charge is -2.23. The van der Waals surface area contributed by atoms with Gasteiger partial charge in [0.2, 0.25) is 5.95 Å². The van der Waals surface area contributed by atoms with E-state index >= 15 is 0 Å². The van der Waals surface area contributed by atoms with Crippen molar-refractivity contribution in [1.29, 1.82) is 0 Å². The second kappa shape index (κ2) is 9.41. The van der Waals surface area contributed by atoms with Crippen LogP contribution in [0.5, 0.6) is 6.01 Å². The lowest BCUT2D eigenvalue weighted by Crippen LogP contribution is -2.37. The molecule has 2 aromatic heterocycles. The predicted octanol–water partition coefficient (Wildman–Crippen LogP) is 3.35. The summed E-state index contributed by atoms with van der Waals surface area (Å²) in [7, 11) is -2.27. The molecule has 1 atom stereocenters. The van der Waals surface area contributed by atoms with E-state index in [1.54, 1.807) is 17.0 Å². The number of rotatable bonds is 7. The molecule has 0 saturated carbocycles. The van der Waals surface area contributed by atoms with Crippen molar-refractivity contribution in [3.63, 3.8) is 0 Å². The van der Waals surface area contributed by atoms with Crippen LogP contribution in [0.2, 0.25) is 0 Å². The van der Waals surface area contributed by atoms with Crippen LogP contribution in [0.25, 0.3) is 5.65 Å². The molecule has 0 radical (unpaired) electrons. The third-order valence-corrected chi connectivity index (χ3v) is 5.90. The smallest absolute Gasteiger partial charge is 0.322 e. The molecule has 1 aliphatic heterocycles. The van der Waals surface area contributed by atoms with Crippen molar-refractivity contribution >= 4 is 27.0 Å². The Bertz CT molecular complexity index is 1200. The van der Waals surface area contributed by atoms with Crippen molar-refractivity contribution in [3.05, 3.63) is 41.6 Å². The Morgan fingerprint density at radius 1 is 1.31 bits per heavy atom. The van der Waals surface area contributed by atoms with Crippen LogP contribution < -0.4 is 15.4 Å². The molecule has 0 unspecified atom stereocenters. The topological polar surface area (TPSA) is 106 Å². The molecular weight excluding hydrogens is 426 g/mol. The molecule has 2 N–H and O–H groups in total. The summed E-state index contributed by atoms with van der Waals surface area (Å²) in [4.78, 5) is 9.30. The summed E-state index contributed by atoms with van der Waals surface area (Å²) in [6.07, 6.45) is 7.19. The summed E-state index contributed by atoms with van der Waals surface area (Å²) in [5.74, 6) is 0.811. The summed E-state index contributed by atoms with van der Waals surface area (Å²) in [5.41, 5.74) is 3.40. The van der Waals surface area contributed by atoms with Gasteiger partial charge in [0.15, 0.2) is 5.65 Å². The summed E-state index contributed by atoms with van der Waals surface area (Å²) in [5, 5.41) is 11.2. The van der Waals surface area contributed by atoms with Crippen LogP contribution in [-0.4, -0.2) is 55.5 Å². The van der Waals surface area contributed by atoms with Gasteiger partial charge in [0.1, 0.15) is 6.10 Å². The molecule has 0 spiro atoms. The van der Waals surface area contributed by atoms with Crippen molar-refractivity contribution in [3.8, 4) is 6.01 Å². The summed E-state index contributed by atoms with van der Waals surface area (Å²) in [6, 6.07) is 8.01. The molecule has 172 valence electrons. The van der Waals surface area contributed by atoms with Crippen molar-refractivity contribution in [2.24, 2.45) is 4.36 Å². The molecule has 3 aromatic rings. The van der Waals surface area contributed by atoms with E-state index in [0.717, 1.165) is 42.7 Å². The highest BCUT2D eigenvalue weighted by molar-refractivity contribution is 7.92. The summed E-state index contributed by atoms with van der Waals surface area (Å²) < 4.78 is 24.4. The molecule has 1 saturated heterocycles. The number of ether oxygens (including phenoxy) is 1. The minimum Gasteiger partial charge on any atom is -0.459 e. The monoisotopic (exact) mass is 457 g/mol. The quantitative estimate of drug-likeness (QED) is 0.560. The molecule has 10 heteroatoms. The molecule has 0 bridgehead atoms. The first-order valence-corrected chi connectivity index (χ1v) is 13.3. The van der Waals surface area contributed by atoms with Crippen LogP contribution in [0.4, 0.5) is 11.6 Å². The maximum absolute atomic E-state index is 12.2. The van der Waals surface area contributed by atoms with Gasteiger partial charge in [-0.2, -0.15) is 23.9 Å². The first-order chi connectivity index (χ1) is 15.3. The van der Waals surface area contributed by atoms with Gasteiger partial charge in [0, 0.05) is 40.9 Å². The Kier molecular flexibility index (Phi) is 6.61. The first-order valence-electron chi connectivity index (χ1n) is 10.9. The zero-order valence-corrected chi connectivity index (χ0v) is 19.9. The van der Waals surface area contributed by atoms with E-state index in [4.69, 9.17) is 4.74 Å². The number of nitrogens with zero attached hydrogens (tertiary/aromatic N) is 5. The normalized spacial score (nSPS) is 17.0. The fraction of sp³-hybridized carbons (Fsp3) is 0.500. The highest BCUT2D eigenvalue weighted by atomic mass is 32.2. The van der Waals surface area contributed by atoms with Crippen LogP contribution in [0.15, 0.2) is 34.8 Å². The van der Waals surface area contributed by atoms with E-state index in [9.17, 15) is 4.21 Å². The zero-order valence-electron chi connectivity index (χ0n) is 19.0. The van der Waals surface area contributed by atoms with E-state index < -0.39 is 9.73 Å². The van der Waals surface area contributed by atoms with Crippen molar-refractivity contribution < 1.29 is 8.95 Å². The number of hydrogen-bond donors (Lipinski definition) is 2. The maximum atomic E-state index is 12.2. The molecule has 32 heavy (non-hydrogen) atoms. The summed E-state index contributed by atoms with van der Waals surface area (Å²) in [6.45, 7) is 6.47. The SMILES string of the molecule is CC(C)c1cnn2c(NCc3ccccc3N=S(C)(C)=O)nc(O[C@@H]3CCCNC3)nc12. The van der Waals surface area contributed by atoms with Gasteiger partial charge < -0.3 is 15.4 Å².